The summed E-state index contributed by atoms with van der Waals surface area (Å²) in [6, 6.07) is 14.5. The van der Waals surface area contributed by atoms with E-state index in [1.165, 1.54) is 41.4 Å². The Morgan fingerprint density at radius 2 is 1.77 bits per heavy atom. The predicted molar refractivity (Wildman–Crippen MR) is 169 cm³/mol. The predicted octanol–water partition coefficient (Wildman–Crippen LogP) is 8.43. The van der Waals surface area contributed by atoms with Crippen LogP contribution in [-0.2, 0) is 0 Å². The number of alkyl halides is 3. The highest BCUT2D eigenvalue weighted by molar-refractivity contribution is 6.32. The molecule has 6 rings (SSSR count). The molecule has 8 nitrogen and oxygen atoms in total. The molecule has 3 heterocycles. The summed E-state index contributed by atoms with van der Waals surface area (Å²) in [6.45, 7) is -0.417. The molecule has 0 bridgehead atoms. The highest BCUT2D eigenvalue weighted by atomic mass is 35.5. The minimum Gasteiger partial charge on any atom is -0.371 e. The van der Waals surface area contributed by atoms with Crippen LogP contribution in [0, 0.1) is 23.0 Å². The van der Waals surface area contributed by atoms with Crippen molar-refractivity contribution >= 4 is 51.2 Å². The maximum atomic E-state index is 13.9. The number of piperidine rings is 1. The molecule has 0 spiro atoms. The SMILES string of the molecule is N#Cc1cnc2c(N[C@@H](c3ccc(F)cc3)c3cn(C4CCN(CC(F)(F)F)CC4)nn3)cc(Cl)cc2c1Nc1ccc(F)c(Cl)c1. The lowest BCUT2D eigenvalue weighted by Gasteiger charge is -2.32. The van der Waals surface area contributed by atoms with Gasteiger partial charge in [0, 0.05) is 35.4 Å². The minimum atomic E-state index is -4.26. The molecular formula is C32H25Cl2F5N8. The number of nitrogens with zero attached hydrogens (tertiary/aromatic N) is 6. The fourth-order valence-electron chi connectivity index (χ4n) is 5.65. The molecule has 0 radical (unpaired) electrons. The fraction of sp³-hybridized carbons (Fsp3) is 0.250. The summed E-state index contributed by atoms with van der Waals surface area (Å²) in [4.78, 5) is 5.91. The maximum Gasteiger partial charge on any atom is 0.401 e. The number of pyridine rings is 1. The van der Waals surface area contributed by atoms with E-state index in [-0.39, 0.29) is 29.7 Å². The van der Waals surface area contributed by atoms with Crippen molar-refractivity contribution in [3.63, 3.8) is 0 Å². The third-order valence-corrected chi connectivity index (χ3v) is 8.41. The molecule has 0 amide bonds. The summed E-state index contributed by atoms with van der Waals surface area (Å²) < 4.78 is 68.1. The van der Waals surface area contributed by atoms with Crippen molar-refractivity contribution in [2.24, 2.45) is 0 Å². The lowest BCUT2D eigenvalue weighted by atomic mass is 10.0. The smallest absolute Gasteiger partial charge is 0.371 e. The number of nitrogens with one attached hydrogen (secondary N) is 2. The standard InChI is InChI=1S/C32H25Cl2F5N8/c33-20-11-24-29(42-22-5-6-26(36)25(34)13-22)19(14-40)15-41-31(24)27(12-20)43-30(18-1-3-21(35)4-2-18)28-16-47(45-44-28)23-7-9-46(10-8-23)17-32(37,38)39/h1-6,11-13,15-16,23,30,43H,7-10,17H2,(H,41,42)/t30-/m0/s1. The quantitative estimate of drug-likeness (QED) is 0.158. The Bertz CT molecular complexity index is 1950. The van der Waals surface area contributed by atoms with Crippen LogP contribution in [0.5, 0.6) is 0 Å². The number of nitriles is 1. The van der Waals surface area contributed by atoms with Gasteiger partial charge in [0.2, 0.25) is 0 Å². The summed E-state index contributed by atoms with van der Waals surface area (Å²) in [7, 11) is 0. The van der Waals surface area contributed by atoms with Gasteiger partial charge in [0.15, 0.2) is 0 Å². The van der Waals surface area contributed by atoms with Crippen LogP contribution in [0.4, 0.5) is 39.0 Å². The van der Waals surface area contributed by atoms with Crippen molar-refractivity contribution in [3.05, 3.63) is 105 Å². The number of anilines is 3. The van der Waals surface area contributed by atoms with Gasteiger partial charge in [0.1, 0.15) is 23.4 Å². The number of likely N-dealkylation sites (tertiary alicyclic amines) is 1. The zero-order valence-corrected chi connectivity index (χ0v) is 25.9. The summed E-state index contributed by atoms with van der Waals surface area (Å²) >= 11 is 12.6. The molecule has 1 aliphatic rings. The zero-order chi connectivity index (χ0) is 33.3. The molecular weight excluding hydrogens is 662 g/mol. The Hall–Kier alpha value is -4.51. The first-order valence-corrected chi connectivity index (χ1v) is 15.2. The monoisotopic (exact) mass is 686 g/mol. The lowest BCUT2D eigenvalue weighted by Crippen LogP contribution is -2.40. The molecule has 0 saturated carbocycles. The molecule has 0 aliphatic carbocycles. The number of hydrogen-bond donors (Lipinski definition) is 2. The van der Waals surface area contributed by atoms with E-state index in [4.69, 9.17) is 23.2 Å². The molecule has 1 saturated heterocycles. The van der Waals surface area contributed by atoms with Gasteiger partial charge in [0.25, 0.3) is 0 Å². The Morgan fingerprint density at radius 3 is 2.45 bits per heavy atom. The maximum absolute atomic E-state index is 13.9. The van der Waals surface area contributed by atoms with E-state index < -0.39 is 30.4 Å². The van der Waals surface area contributed by atoms with Crippen molar-refractivity contribution in [2.75, 3.05) is 30.3 Å². The normalized spacial score (nSPS) is 15.0. The first kappa shape index (κ1) is 32.4. The van der Waals surface area contributed by atoms with Crippen molar-refractivity contribution in [2.45, 2.75) is 31.1 Å². The van der Waals surface area contributed by atoms with Gasteiger partial charge < -0.3 is 10.6 Å². The molecule has 0 unspecified atom stereocenters. The van der Waals surface area contributed by atoms with Gasteiger partial charge in [-0.25, -0.2) is 13.5 Å². The van der Waals surface area contributed by atoms with Crippen molar-refractivity contribution in [1.29, 1.82) is 5.26 Å². The zero-order valence-electron chi connectivity index (χ0n) is 24.4. The van der Waals surface area contributed by atoms with Crippen LogP contribution in [0.3, 0.4) is 0 Å². The average Bonchev–Trinajstić information content (AvgIpc) is 3.52. The summed E-state index contributed by atoms with van der Waals surface area (Å²) in [5, 5.41) is 25.8. The summed E-state index contributed by atoms with van der Waals surface area (Å²) in [6.07, 6.45) is -0.213. The van der Waals surface area contributed by atoms with Gasteiger partial charge in [-0.05, 0) is 60.9 Å². The molecule has 242 valence electrons. The lowest BCUT2D eigenvalue weighted by molar-refractivity contribution is -0.148. The molecule has 2 N–H and O–H groups in total. The number of hydrogen-bond acceptors (Lipinski definition) is 7. The van der Waals surface area contributed by atoms with E-state index in [0.29, 0.717) is 57.1 Å². The van der Waals surface area contributed by atoms with Crippen molar-refractivity contribution in [3.8, 4) is 6.07 Å². The van der Waals surface area contributed by atoms with Crippen LogP contribution in [0.15, 0.2) is 67.0 Å². The van der Waals surface area contributed by atoms with Crippen LogP contribution in [-0.4, -0.2) is 50.7 Å². The Balaban J connectivity index is 1.35. The number of rotatable bonds is 8. The third-order valence-electron chi connectivity index (χ3n) is 7.91. The van der Waals surface area contributed by atoms with Gasteiger partial charge >= 0.3 is 6.18 Å². The van der Waals surface area contributed by atoms with Gasteiger partial charge in [-0.15, -0.1) is 5.10 Å². The highest BCUT2D eigenvalue weighted by Crippen LogP contribution is 2.38. The van der Waals surface area contributed by atoms with E-state index in [9.17, 15) is 27.2 Å². The van der Waals surface area contributed by atoms with Crippen LogP contribution < -0.4 is 10.6 Å². The fourth-order valence-corrected chi connectivity index (χ4v) is 6.05. The summed E-state index contributed by atoms with van der Waals surface area (Å²) in [5.41, 5.74) is 2.99. The van der Waals surface area contributed by atoms with E-state index in [2.05, 4.69) is 32.0 Å². The van der Waals surface area contributed by atoms with Gasteiger partial charge in [0.05, 0.1) is 52.3 Å². The molecule has 15 heteroatoms. The van der Waals surface area contributed by atoms with Gasteiger partial charge in [-0.2, -0.15) is 18.4 Å². The topological polar surface area (TPSA) is 94.7 Å². The molecule has 1 atom stereocenters. The molecule has 5 aromatic rings. The average molecular weight is 688 g/mol. The molecule has 1 aliphatic heterocycles. The van der Waals surface area contributed by atoms with E-state index in [1.807, 2.05) is 0 Å². The van der Waals surface area contributed by atoms with Crippen LogP contribution in [0.2, 0.25) is 10.0 Å². The second-order valence-electron chi connectivity index (χ2n) is 11.1. The third kappa shape index (κ3) is 7.40. The summed E-state index contributed by atoms with van der Waals surface area (Å²) in [5.74, 6) is -1.03. The number of benzene rings is 3. The van der Waals surface area contributed by atoms with Crippen LogP contribution in [0.25, 0.3) is 10.9 Å². The van der Waals surface area contributed by atoms with E-state index in [0.717, 1.165) is 0 Å². The first-order valence-electron chi connectivity index (χ1n) is 14.4. The molecule has 1 fully saturated rings. The largest absolute Gasteiger partial charge is 0.401 e. The molecule has 47 heavy (non-hydrogen) atoms. The highest BCUT2D eigenvalue weighted by Gasteiger charge is 2.33. The van der Waals surface area contributed by atoms with E-state index >= 15 is 0 Å². The van der Waals surface area contributed by atoms with Gasteiger partial charge in [-0.3, -0.25) is 9.88 Å². The number of halogens is 7. The number of fused-ring (bicyclic) bond motifs is 1. The Kier molecular flexibility index (Phi) is 9.18. The second kappa shape index (κ2) is 13.3. The van der Waals surface area contributed by atoms with E-state index in [1.54, 1.807) is 35.1 Å². The Labute approximate surface area is 275 Å². The van der Waals surface area contributed by atoms with Crippen molar-refractivity contribution < 1.29 is 22.0 Å². The number of aromatic nitrogens is 4. The molecule has 3 aromatic carbocycles. The van der Waals surface area contributed by atoms with Crippen LogP contribution in [0.1, 0.15) is 41.7 Å². The van der Waals surface area contributed by atoms with Crippen LogP contribution >= 0.6 is 23.2 Å². The first-order chi connectivity index (χ1) is 22.5. The molecule has 2 aromatic heterocycles. The Morgan fingerprint density at radius 1 is 1.02 bits per heavy atom. The van der Waals surface area contributed by atoms with Gasteiger partial charge in [-0.1, -0.05) is 40.5 Å². The minimum absolute atomic E-state index is 0.102. The second-order valence-corrected chi connectivity index (χ2v) is 12.0. The van der Waals surface area contributed by atoms with Crippen molar-refractivity contribution in [1.82, 2.24) is 24.9 Å².